The predicted octanol–water partition coefficient (Wildman–Crippen LogP) is 2.36. The molecule has 0 radical (unpaired) electrons. The molecule has 0 aliphatic rings. The average molecular weight is 210 g/mol. The standard InChI is InChI=1S/C13H10N2O/c16-10-2-3-11-5-7-12(8-6-11)13-4-1-9-14-15-13/h1-10H. The van der Waals surface area contributed by atoms with Gasteiger partial charge >= 0.3 is 0 Å². The lowest BCUT2D eigenvalue weighted by Crippen LogP contribution is -1.85. The average Bonchev–Trinajstić information content (AvgIpc) is 2.38. The van der Waals surface area contributed by atoms with Crippen LogP contribution in [0.4, 0.5) is 0 Å². The van der Waals surface area contributed by atoms with E-state index in [1.807, 2.05) is 36.4 Å². The minimum absolute atomic E-state index is 0.760. The van der Waals surface area contributed by atoms with Gasteiger partial charge in [-0.25, -0.2) is 0 Å². The predicted molar refractivity (Wildman–Crippen MR) is 62.6 cm³/mol. The van der Waals surface area contributed by atoms with Crippen molar-refractivity contribution in [2.24, 2.45) is 0 Å². The van der Waals surface area contributed by atoms with E-state index in [1.54, 1.807) is 12.3 Å². The Morgan fingerprint density at radius 2 is 1.88 bits per heavy atom. The maximum Gasteiger partial charge on any atom is 0.142 e. The summed E-state index contributed by atoms with van der Waals surface area (Å²) in [5.41, 5.74) is 2.84. The van der Waals surface area contributed by atoms with Crippen LogP contribution in [0, 0.1) is 0 Å². The molecule has 78 valence electrons. The zero-order valence-electron chi connectivity index (χ0n) is 8.58. The normalized spacial score (nSPS) is 10.5. The van der Waals surface area contributed by atoms with Gasteiger partial charge in [-0.1, -0.05) is 30.3 Å². The Kier molecular flexibility index (Phi) is 3.18. The molecule has 2 rings (SSSR count). The summed E-state index contributed by atoms with van der Waals surface area (Å²) in [6.07, 6.45) is 5.63. The molecule has 2 aromatic rings. The molecule has 1 aromatic heterocycles. The van der Waals surface area contributed by atoms with Crippen LogP contribution in [0.15, 0.2) is 48.7 Å². The molecule has 1 aromatic carbocycles. The number of nitrogens with zero attached hydrogens (tertiary/aromatic N) is 2. The molecule has 3 heteroatoms. The van der Waals surface area contributed by atoms with Crippen molar-refractivity contribution >= 4 is 12.4 Å². The fourth-order valence-electron chi connectivity index (χ4n) is 1.37. The Balaban J connectivity index is 2.26. The maximum absolute atomic E-state index is 10.2. The molecule has 0 amide bonds. The first-order chi connectivity index (χ1) is 7.90. The fourth-order valence-corrected chi connectivity index (χ4v) is 1.37. The van der Waals surface area contributed by atoms with E-state index >= 15 is 0 Å². The summed E-state index contributed by atoms with van der Waals surface area (Å²) in [5.74, 6) is 0. The second-order valence-corrected chi connectivity index (χ2v) is 3.23. The molecular weight excluding hydrogens is 200 g/mol. The second-order valence-electron chi connectivity index (χ2n) is 3.23. The van der Waals surface area contributed by atoms with Crippen LogP contribution in [0.25, 0.3) is 17.3 Å². The van der Waals surface area contributed by atoms with E-state index in [4.69, 9.17) is 0 Å². The third-order valence-corrected chi connectivity index (χ3v) is 2.15. The molecule has 1 heterocycles. The molecule has 0 aliphatic carbocycles. The number of carbonyl (C=O) groups excluding carboxylic acids is 1. The van der Waals surface area contributed by atoms with Crippen LogP contribution in [0.1, 0.15) is 5.56 Å². The van der Waals surface area contributed by atoms with Gasteiger partial charge in [0.15, 0.2) is 0 Å². The minimum Gasteiger partial charge on any atom is -0.299 e. The van der Waals surface area contributed by atoms with Crippen LogP contribution in [0.5, 0.6) is 0 Å². The number of carbonyl (C=O) groups is 1. The van der Waals surface area contributed by atoms with Gasteiger partial charge in [0, 0.05) is 11.8 Å². The van der Waals surface area contributed by atoms with Gasteiger partial charge in [-0.3, -0.25) is 4.79 Å². The van der Waals surface area contributed by atoms with E-state index in [9.17, 15) is 4.79 Å². The van der Waals surface area contributed by atoms with Gasteiger partial charge in [0.25, 0.3) is 0 Å². The van der Waals surface area contributed by atoms with Gasteiger partial charge in [-0.2, -0.15) is 10.2 Å². The van der Waals surface area contributed by atoms with Crippen LogP contribution >= 0.6 is 0 Å². The Hall–Kier alpha value is -2.29. The van der Waals surface area contributed by atoms with Gasteiger partial charge in [-0.15, -0.1) is 0 Å². The third-order valence-electron chi connectivity index (χ3n) is 2.15. The number of aromatic nitrogens is 2. The zero-order chi connectivity index (χ0) is 11.2. The molecule has 0 atom stereocenters. The summed E-state index contributed by atoms with van der Waals surface area (Å²) in [7, 11) is 0. The van der Waals surface area contributed by atoms with Crippen molar-refractivity contribution in [3.8, 4) is 11.3 Å². The molecule has 0 N–H and O–H groups in total. The number of hydrogen-bond acceptors (Lipinski definition) is 3. The van der Waals surface area contributed by atoms with Crippen molar-refractivity contribution in [2.45, 2.75) is 0 Å². The first kappa shape index (κ1) is 10.2. The minimum atomic E-state index is 0.760. The molecule has 0 fully saturated rings. The summed E-state index contributed by atoms with van der Waals surface area (Å²) in [6, 6.07) is 11.5. The quantitative estimate of drug-likeness (QED) is 0.577. The monoisotopic (exact) mass is 210 g/mol. The van der Waals surface area contributed by atoms with Gasteiger partial charge in [0.05, 0.1) is 5.69 Å². The fraction of sp³-hybridized carbons (Fsp3) is 0. The first-order valence-corrected chi connectivity index (χ1v) is 4.90. The highest BCUT2D eigenvalue weighted by Crippen LogP contribution is 2.16. The largest absolute Gasteiger partial charge is 0.299 e. The molecule has 16 heavy (non-hydrogen) atoms. The van der Waals surface area contributed by atoms with E-state index in [0.717, 1.165) is 23.1 Å². The Morgan fingerprint density at radius 3 is 2.50 bits per heavy atom. The van der Waals surface area contributed by atoms with Crippen LogP contribution in [-0.4, -0.2) is 16.5 Å². The lowest BCUT2D eigenvalue weighted by molar-refractivity contribution is -0.104. The van der Waals surface area contributed by atoms with Crippen molar-refractivity contribution in [1.29, 1.82) is 0 Å². The van der Waals surface area contributed by atoms with E-state index in [-0.39, 0.29) is 0 Å². The second kappa shape index (κ2) is 4.98. The molecule has 0 saturated heterocycles. The molecule has 3 nitrogen and oxygen atoms in total. The molecule has 0 aliphatic heterocycles. The van der Waals surface area contributed by atoms with E-state index in [2.05, 4.69) is 10.2 Å². The van der Waals surface area contributed by atoms with E-state index in [1.165, 1.54) is 6.08 Å². The summed E-state index contributed by atoms with van der Waals surface area (Å²) >= 11 is 0. The highest BCUT2D eigenvalue weighted by atomic mass is 16.1. The SMILES string of the molecule is O=CC=Cc1ccc(-c2cccnn2)cc1. The van der Waals surface area contributed by atoms with E-state index < -0.39 is 0 Å². The molecular formula is C13H10N2O. The van der Waals surface area contributed by atoms with Crippen molar-refractivity contribution in [3.05, 3.63) is 54.2 Å². The maximum atomic E-state index is 10.2. The third kappa shape index (κ3) is 2.39. The van der Waals surface area contributed by atoms with Gasteiger partial charge in [0.1, 0.15) is 6.29 Å². The van der Waals surface area contributed by atoms with E-state index in [0.29, 0.717) is 0 Å². The molecule has 0 spiro atoms. The summed E-state index contributed by atoms with van der Waals surface area (Å²) < 4.78 is 0. The van der Waals surface area contributed by atoms with Crippen molar-refractivity contribution in [1.82, 2.24) is 10.2 Å². The Morgan fingerprint density at radius 1 is 1.06 bits per heavy atom. The lowest BCUT2D eigenvalue weighted by atomic mass is 10.1. The highest BCUT2D eigenvalue weighted by molar-refractivity contribution is 5.74. The van der Waals surface area contributed by atoms with Crippen LogP contribution in [0.2, 0.25) is 0 Å². The van der Waals surface area contributed by atoms with Gasteiger partial charge < -0.3 is 0 Å². The number of hydrogen-bond donors (Lipinski definition) is 0. The smallest absolute Gasteiger partial charge is 0.142 e. The summed E-state index contributed by atoms with van der Waals surface area (Å²) in [4.78, 5) is 10.2. The number of allylic oxidation sites excluding steroid dienone is 1. The van der Waals surface area contributed by atoms with Crippen LogP contribution in [0.3, 0.4) is 0 Å². The Bertz CT molecular complexity index is 489. The highest BCUT2D eigenvalue weighted by Gasteiger charge is 1.97. The topological polar surface area (TPSA) is 42.9 Å². The van der Waals surface area contributed by atoms with Crippen LogP contribution < -0.4 is 0 Å². The number of aldehydes is 1. The number of rotatable bonds is 3. The summed E-state index contributed by atoms with van der Waals surface area (Å²) in [5, 5.41) is 7.84. The molecule has 0 saturated carbocycles. The zero-order valence-corrected chi connectivity index (χ0v) is 8.58. The molecule has 0 bridgehead atoms. The van der Waals surface area contributed by atoms with Gasteiger partial charge in [-0.05, 0) is 23.8 Å². The van der Waals surface area contributed by atoms with Crippen LogP contribution in [-0.2, 0) is 4.79 Å². The Labute approximate surface area is 93.5 Å². The summed E-state index contributed by atoms with van der Waals surface area (Å²) in [6.45, 7) is 0. The van der Waals surface area contributed by atoms with Crippen molar-refractivity contribution < 1.29 is 4.79 Å². The first-order valence-electron chi connectivity index (χ1n) is 4.90. The number of benzene rings is 1. The molecule has 0 unspecified atom stereocenters. The van der Waals surface area contributed by atoms with Gasteiger partial charge in [0.2, 0.25) is 0 Å². The van der Waals surface area contributed by atoms with Crippen molar-refractivity contribution in [2.75, 3.05) is 0 Å². The van der Waals surface area contributed by atoms with Crippen molar-refractivity contribution in [3.63, 3.8) is 0 Å². The lowest BCUT2D eigenvalue weighted by Gasteiger charge is -1.99.